The first-order valence-electron chi connectivity index (χ1n) is 6.64. The number of nitrogens with one attached hydrogen (secondary N) is 1. The van der Waals surface area contributed by atoms with E-state index in [9.17, 15) is 4.79 Å². The van der Waals surface area contributed by atoms with Gasteiger partial charge in [0.25, 0.3) is 0 Å². The molecule has 0 spiro atoms. The molecule has 1 amide bonds. The van der Waals surface area contributed by atoms with E-state index < -0.39 is 5.54 Å². The zero-order chi connectivity index (χ0) is 15.3. The molecule has 4 heteroatoms. The fourth-order valence-corrected chi connectivity index (χ4v) is 2.20. The molecule has 2 rings (SSSR count). The van der Waals surface area contributed by atoms with Gasteiger partial charge in [-0.15, -0.1) is 0 Å². The minimum absolute atomic E-state index is 0.133. The van der Waals surface area contributed by atoms with Crippen molar-refractivity contribution in [2.24, 2.45) is 0 Å². The van der Waals surface area contributed by atoms with Gasteiger partial charge in [0.1, 0.15) is 0 Å². The first-order chi connectivity index (χ1) is 9.97. The van der Waals surface area contributed by atoms with Crippen molar-refractivity contribution in [1.29, 1.82) is 0 Å². The lowest BCUT2D eigenvalue weighted by Gasteiger charge is -2.26. The van der Waals surface area contributed by atoms with Gasteiger partial charge in [-0.25, -0.2) is 0 Å². The van der Waals surface area contributed by atoms with Crippen molar-refractivity contribution >= 4 is 27.9 Å². The molecule has 0 aliphatic heterocycles. The van der Waals surface area contributed by atoms with Gasteiger partial charge in [-0.3, -0.25) is 9.78 Å². The van der Waals surface area contributed by atoms with Crippen molar-refractivity contribution < 1.29 is 4.79 Å². The number of aromatic nitrogens is 1. The summed E-state index contributed by atoms with van der Waals surface area (Å²) in [6, 6.07) is 11.7. The molecule has 0 bridgehead atoms. The maximum absolute atomic E-state index is 12.0. The van der Waals surface area contributed by atoms with Crippen molar-refractivity contribution in [3.63, 3.8) is 0 Å². The van der Waals surface area contributed by atoms with Crippen molar-refractivity contribution in [3.8, 4) is 0 Å². The van der Waals surface area contributed by atoms with Crippen LogP contribution in [0.3, 0.4) is 0 Å². The predicted molar refractivity (Wildman–Crippen MR) is 88.6 cm³/mol. The van der Waals surface area contributed by atoms with E-state index in [2.05, 4.69) is 26.2 Å². The Kier molecular flexibility index (Phi) is 4.91. The minimum atomic E-state index is -0.433. The van der Waals surface area contributed by atoms with Crippen LogP contribution < -0.4 is 5.32 Å². The highest BCUT2D eigenvalue weighted by molar-refractivity contribution is 9.10. The largest absolute Gasteiger partial charge is 0.344 e. The highest BCUT2D eigenvalue weighted by atomic mass is 79.9. The zero-order valence-electron chi connectivity index (χ0n) is 12.0. The van der Waals surface area contributed by atoms with Gasteiger partial charge < -0.3 is 5.32 Å². The van der Waals surface area contributed by atoms with Crippen LogP contribution in [0.1, 0.15) is 25.0 Å². The summed E-state index contributed by atoms with van der Waals surface area (Å²) in [6.45, 7) is 3.96. The van der Waals surface area contributed by atoms with Gasteiger partial charge in [-0.2, -0.15) is 0 Å². The summed E-state index contributed by atoms with van der Waals surface area (Å²) < 4.78 is 1.02. The Labute approximate surface area is 133 Å². The molecule has 1 aromatic carbocycles. The molecule has 0 fully saturated rings. The van der Waals surface area contributed by atoms with Gasteiger partial charge in [-0.1, -0.05) is 34.1 Å². The topological polar surface area (TPSA) is 42.0 Å². The number of carbonyl (C=O) groups excluding carboxylic acids is 1. The quantitative estimate of drug-likeness (QED) is 0.854. The molecule has 0 aliphatic rings. The van der Waals surface area contributed by atoms with Gasteiger partial charge in [-0.05, 0) is 49.2 Å². The first-order valence-corrected chi connectivity index (χ1v) is 7.43. The number of rotatable bonds is 4. The standard InChI is InChI=1S/C17H17BrN2O/c1-17(2,14-6-8-15(18)9-7-14)20-16(21)10-5-13-4-3-11-19-12-13/h3-12H,1-2H3,(H,20,21). The van der Waals surface area contributed by atoms with E-state index in [1.54, 1.807) is 18.5 Å². The third kappa shape index (κ3) is 4.53. The SMILES string of the molecule is CC(C)(NC(=O)C=Cc1cccnc1)c1ccc(Br)cc1. The Morgan fingerprint density at radius 1 is 1.24 bits per heavy atom. The second kappa shape index (κ2) is 6.68. The highest BCUT2D eigenvalue weighted by Crippen LogP contribution is 2.22. The van der Waals surface area contributed by atoms with Crippen molar-refractivity contribution in [3.05, 3.63) is 70.5 Å². The number of hydrogen-bond acceptors (Lipinski definition) is 2. The average molecular weight is 345 g/mol. The van der Waals surface area contributed by atoms with Crippen LogP contribution in [-0.2, 0) is 10.3 Å². The summed E-state index contributed by atoms with van der Waals surface area (Å²) in [4.78, 5) is 16.1. The van der Waals surface area contributed by atoms with E-state index in [4.69, 9.17) is 0 Å². The summed E-state index contributed by atoms with van der Waals surface area (Å²) in [6.07, 6.45) is 6.69. The Bertz CT molecular complexity index is 634. The summed E-state index contributed by atoms with van der Waals surface area (Å²) in [7, 11) is 0. The summed E-state index contributed by atoms with van der Waals surface area (Å²) in [5.74, 6) is -0.133. The molecule has 0 atom stereocenters. The fourth-order valence-electron chi connectivity index (χ4n) is 1.93. The second-order valence-corrected chi connectivity index (χ2v) is 6.16. The van der Waals surface area contributed by atoms with E-state index in [-0.39, 0.29) is 5.91 Å². The molecule has 3 nitrogen and oxygen atoms in total. The van der Waals surface area contributed by atoms with Gasteiger partial charge in [0.05, 0.1) is 5.54 Å². The van der Waals surface area contributed by atoms with E-state index in [0.717, 1.165) is 15.6 Å². The van der Waals surface area contributed by atoms with Crippen LogP contribution in [0.15, 0.2) is 59.3 Å². The Morgan fingerprint density at radius 3 is 2.57 bits per heavy atom. The fraction of sp³-hybridized carbons (Fsp3) is 0.176. The third-order valence-corrected chi connectivity index (χ3v) is 3.64. The molecule has 21 heavy (non-hydrogen) atoms. The molecule has 0 radical (unpaired) electrons. The van der Waals surface area contributed by atoms with Crippen LogP contribution in [0, 0.1) is 0 Å². The number of carbonyl (C=O) groups is 1. The number of nitrogens with zero attached hydrogens (tertiary/aromatic N) is 1. The van der Waals surface area contributed by atoms with Gasteiger partial charge in [0, 0.05) is 22.9 Å². The third-order valence-electron chi connectivity index (χ3n) is 3.11. The van der Waals surface area contributed by atoms with E-state index >= 15 is 0 Å². The summed E-state index contributed by atoms with van der Waals surface area (Å²) in [5, 5.41) is 3.00. The van der Waals surface area contributed by atoms with E-state index in [1.165, 1.54) is 6.08 Å². The molecular weight excluding hydrogens is 328 g/mol. The lowest BCUT2D eigenvalue weighted by Crippen LogP contribution is -2.40. The lowest BCUT2D eigenvalue weighted by atomic mass is 9.94. The predicted octanol–water partition coefficient (Wildman–Crippen LogP) is 3.91. The van der Waals surface area contributed by atoms with Gasteiger partial charge in [0.15, 0.2) is 0 Å². The van der Waals surface area contributed by atoms with Crippen molar-refractivity contribution in [2.75, 3.05) is 0 Å². The highest BCUT2D eigenvalue weighted by Gasteiger charge is 2.21. The molecule has 0 unspecified atom stereocenters. The van der Waals surface area contributed by atoms with Crippen LogP contribution in [0.5, 0.6) is 0 Å². The number of halogens is 1. The molecule has 0 saturated carbocycles. The second-order valence-electron chi connectivity index (χ2n) is 5.24. The molecule has 1 heterocycles. The first kappa shape index (κ1) is 15.4. The molecule has 2 aromatic rings. The Morgan fingerprint density at radius 2 is 1.95 bits per heavy atom. The molecule has 108 valence electrons. The van der Waals surface area contributed by atoms with Crippen LogP contribution in [-0.4, -0.2) is 10.9 Å². The lowest BCUT2D eigenvalue weighted by molar-refractivity contribution is -0.118. The molecule has 1 aromatic heterocycles. The zero-order valence-corrected chi connectivity index (χ0v) is 13.6. The summed E-state index contributed by atoms with van der Waals surface area (Å²) >= 11 is 3.41. The smallest absolute Gasteiger partial charge is 0.244 e. The van der Waals surface area contributed by atoms with E-state index in [1.807, 2.05) is 50.2 Å². The monoisotopic (exact) mass is 344 g/mol. The molecule has 0 saturated heterocycles. The van der Waals surface area contributed by atoms with Crippen molar-refractivity contribution in [1.82, 2.24) is 10.3 Å². The number of pyridine rings is 1. The van der Waals surface area contributed by atoms with E-state index in [0.29, 0.717) is 0 Å². The van der Waals surface area contributed by atoms with Crippen LogP contribution >= 0.6 is 15.9 Å². The maximum atomic E-state index is 12.0. The van der Waals surface area contributed by atoms with Gasteiger partial charge >= 0.3 is 0 Å². The number of benzene rings is 1. The minimum Gasteiger partial charge on any atom is -0.344 e. The normalized spacial score (nSPS) is 11.6. The Hall–Kier alpha value is -1.94. The summed E-state index contributed by atoms with van der Waals surface area (Å²) in [5.41, 5.74) is 1.51. The Balaban J connectivity index is 2.04. The molecule has 0 aliphatic carbocycles. The van der Waals surface area contributed by atoms with Crippen LogP contribution in [0.25, 0.3) is 6.08 Å². The molecule has 1 N–H and O–H groups in total. The average Bonchev–Trinajstić information content (AvgIpc) is 2.46. The number of hydrogen-bond donors (Lipinski definition) is 1. The molecular formula is C17H17BrN2O. The number of amides is 1. The van der Waals surface area contributed by atoms with Gasteiger partial charge in [0.2, 0.25) is 5.91 Å². The van der Waals surface area contributed by atoms with Crippen LogP contribution in [0.2, 0.25) is 0 Å². The maximum Gasteiger partial charge on any atom is 0.244 e. The van der Waals surface area contributed by atoms with Crippen molar-refractivity contribution in [2.45, 2.75) is 19.4 Å². The van der Waals surface area contributed by atoms with Crippen LogP contribution in [0.4, 0.5) is 0 Å².